The van der Waals surface area contributed by atoms with E-state index in [-0.39, 0.29) is 11.7 Å². The SMILES string of the molecule is CC(=O)N(C)CCC(N)C(=O)C(C)(C)C. The van der Waals surface area contributed by atoms with Crippen molar-refractivity contribution < 1.29 is 9.59 Å². The minimum absolute atomic E-state index is 0.00888. The van der Waals surface area contributed by atoms with E-state index in [0.29, 0.717) is 13.0 Å². The molecule has 0 fully saturated rings. The van der Waals surface area contributed by atoms with Crippen LogP contribution in [0.5, 0.6) is 0 Å². The Morgan fingerprint density at radius 2 is 1.80 bits per heavy atom. The number of rotatable bonds is 4. The van der Waals surface area contributed by atoms with E-state index in [1.54, 1.807) is 11.9 Å². The Labute approximate surface area is 91.8 Å². The lowest BCUT2D eigenvalue weighted by Crippen LogP contribution is -2.41. The number of nitrogens with two attached hydrogens (primary N) is 1. The molecule has 0 saturated carbocycles. The maximum atomic E-state index is 11.7. The number of hydrogen-bond donors (Lipinski definition) is 1. The van der Waals surface area contributed by atoms with Crippen LogP contribution in [-0.2, 0) is 9.59 Å². The Balaban J connectivity index is 4.10. The van der Waals surface area contributed by atoms with E-state index in [2.05, 4.69) is 0 Å². The number of carbonyl (C=O) groups excluding carboxylic acids is 2. The molecule has 4 heteroatoms. The lowest BCUT2D eigenvalue weighted by molar-refractivity contribution is -0.130. The molecule has 0 aliphatic rings. The van der Waals surface area contributed by atoms with Gasteiger partial charge in [0.15, 0.2) is 5.78 Å². The molecule has 1 unspecified atom stereocenters. The normalized spacial score (nSPS) is 13.5. The fourth-order valence-electron chi connectivity index (χ4n) is 1.18. The number of hydrogen-bond acceptors (Lipinski definition) is 3. The summed E-state index contributed by atoms with van der Waals surface area (Å²) in [5.41, 5.74) is 5.36. The van der Waals surface area contributed by atoms with E-state index in [1.807, 2.05) is 20.8 Å². The molecule has 0 heterocycles. The summed E-state index contributed by atoms with van der Waals surface area (Å²) in [5.74, 6) is 0.0323. The highest BCUT2D eigenvalue weighted by Crippen LogP contribution is 2.17. The standard InChI is InChI=1S/C11H22N2O2/c1-8(14)13(5)7-6-9(12)10(15)11(2,3)4/h9H,6-7,12H2,1-5H3. The molecule has 88 valence electrons. The van der Waals surface area contributed by atoms with Crippen molar-refractivity contribution in [3.63, 3.8) is 0 Å². The summed E-state index contributed by atoms with van der Waals surface area (Å²) < 4.78 is 0. The van der Waals surface area contributed by atoms with Gasteiger partial charge in [0.05, 0.1) is 6.04 Å². The summed E-state index contributed by atoms with van der Waals surface area (Å²) in [5, 5.41) is 0. The van der Waals surface area contributed by atoms with Gasteiger partial charge in [-0.25, -0.2) is 0 Å². The molecule has 0 rings (SSSR count). The lowest BCUT2D eigenvalue weighted by Gasteiger charge is -2.23. The molecular formula is C11H22N2O2. The van der Waals surface area contributed by atoms with Crippen LogP contribution in [0.15, 0.2) is 0 Å². The molecule has 0 saturated heterocycles. The van der Waals surface area contributed by atoms with E-state index < -0.39 is 11.5 Å². The van der Waals surface area contributed by atoms with E-state index >= 15 is 0 Å². The van der Waals surface area contributed by atoms with Gasteiger partial charge < -0.3 is 10.6 Å². The Morgan fingerprint density at radius 3 is 2.13 bits per heavy atom. The predicted octanol–water partition coefficient (Wildman–Crippen LogP) is 0.797. The zero-order chi connectivity index (χ0) is 12.2. The average Bonchev–Trinajstić information content (AvgIpc) is 2.10. The monoisotopic (exact) mass is 214 g/mol. The third-order valence-electron chi connectivity index (χ3n) is 2.39. The van der Waals surface area contributed by atoms with Crippen molar-refractivity contribution in [2.45, 2.75) is 40.2 Å². The Kier molecular flexibility index (Phi) is 4.94. The molecule has 15 heavy (non-hydrogen) atoms. The van der Waals surface area contributed by atoms with Crippen molar-refractivity contribution in [2.24, 2.45) is 11.1 Å². The van der Waals surface area contributed by atoms with Crippen molar-refractivity contribution in [1.29, 1.82) is 0 Å². The molecule has 1 amide bonds. The molecule has 0 aromatic rings. The van der Waals surface area contributed by atoms with Gasteiger partial charge in [0.2, 0.25) is 5.91 Å². The molecule has 0 spiro atoms. The molecule has 0 aliphatic heterocycles. The highest BCUT2D eigenvalue weighted by atomic mass is 16.2. The van der Waals surface area contributed by atoms with Crippen LogP contribution in [0, 0.1) is 5.41 Å². The second-order valence-corrected chi connectivity index (χ2v) is 4.95. The fraction of sp³-hybridized carbons (Fsp3) is 0.818. The van der Waals surface area contributed by atoms with Crippen LogP contribution in [0.2, 0.25) is 0 Å². The fourth-order valence-corrected chi connectivity index (χ4v) is 1.18. The first-order valence-electron chi connectivity index (χ1n) is 5.18. The maximum Gasteiger partial charge on any atom is 0.219 e. The molecule has 0 aromatic carbocycles. The Bertz CT molecular complexity index is 243. The zero-order valence-electron chi connectivity index (χ0n) is 10.3. The molecule has 2 N–H and O–H groups in total. The molecule has 0 bridgehead atoms. The van der Waals surface area contributed by atoms with Crippen LogP contribution in [0.4, 0.5) is 0 Å². The highest BCUT2D eigenvalue weighted by molar-refractivity contribution is 5.88. The summed E-state index contributed by atoms with van der Waals surface area (Å²) in [7, 11) is 1.70. The van der Waals surface area contributed by atoms with Crippen molar-refractivity contribution >= 4 is 11.7 Å². The molecular weight excluding hydrogens is 192 g/mol. The van der Waals surface area contributed by atoms with Gasteiger partial charge in [-0.15, -0.1) is 0 Å². The largest absolute Gasteiger partial charge is 0.346 e. The number of Topliss-reactive ketones (excluding diaryl/α,β-unsaturated/α-hetero) is 1. The first-order valence-corrected chi connectivity index (χ1v) is 5.18. The van der Waals surface area contributed by atoms with Gasteiger partial charge >= 0.3 is 0 Å². The molecule has 4 nitrogen and oxygen atoms in total. The first-order chi connectivity index (χ1) is 6.66. The summed E-state index contributed by atoms with van der Waals surface area (Å²) in [6, 6.07) is -0.480. The topological polar surface area (TPSA) is 63.4 Å². The number of ketones is 1. The smallest absolute Gasteiger partial charge is 0.219 e. The molecule has 0 aliphatic carbocycles. The summed E-state index contributed by atoms with van der Waals surface area (Å²) in [6.45, 7) is 7.58. The van der Waals surface area contributed by atoms with Crippen LogP contribution in [0.25, 0.3) is 0 Å². The van der Waals surface area contributed by atoms with Crippen LogP contribution < -0.4 is 5.73 Å². The van der Waals surface area contributed by atoms with E-state index in [0.717, 1.165) is 0 Å². The number of amides is 1. The summed E-state index contributed by atoms with van der Waals surface area (Å²) >= 11 is 0. The van der Waals surface area contributed by atoms with E-state index in [1.165, 1.54) is 6.92 Å². The maximum absolute atomic E-state index is 11.7. The van der Waals surface area contributed by atoms with Crippen LogP contribution in [0.1, 0.15) is 34.1 Å². The van der Waals surface area contributed by atoms with Crippen LogP contribution in [0.3, 0.4) is 0 Å². The van der Waals surface area contributed by atoms with Crippen molar-refractivity contribution in [3.8, 4) is 0 Å². The molecule has 0 radical (unpaired) electrons. The van der Waals surface area contributed by atoms with Gasteiger partial charge in [0, 0.05) is 25.9 Å². The Morgan fingerprint density at radius 1 is 1.33 bits per heavy atom. The van der Waals surface area contributed by atoms with Crippen molar-refractivity contribution in [3.05, 3.63) is 0 Å². The third-order valence-corrected chi connectivity index (χ3v) is 2.39. The lowest BCUT2D eigenvalue weighted by atomic mass is 9.86. The van der Waals surface area contributed by atoms with E-state index in [9.17, 15) is 9.59 Å². The highest BCUT2D eigenvalue weighted by Gasteiger charge is 2.26. The number of carbonyl (C=O) groups is 2. The number of nitrogens with zero attached hydrogens (tertiary/aromatic N) is 1. The van der Waals surface area contributed by atoms with Gasteiger partial charge in [-0.3, -0.25) is 9.59 Å². The second-order valence-electron chi connectivity index (χ2n) is 4.95. The van der Waals surface area contributed by atoms with Gasteiger partial charge in [-0.05, 0) is 6.42 Å². The minimum atomic E-state index is -0.480. The summed E-state index contributed by atoms with van der Waals surface area (Å²) in [4.78, 5) is 24.2. The molecule has 1 atom stereocenters. The Hall–Kier alpha value is -0.900. The van der Waals surface area contributed by atoms with Gasteiger partial charge in [0.25, 0.3) is 0 Å². The van der Waals surface area contributed by atoms with E-state index in [4.69, 9.17) is 5.73 Å². The summed E-state index contributed by atoms with van der Waals surface area (Å²) in [6.07, 6.45) is 0.520. The predicted molar refractivity (Wildman–Crippen MR) is 60.4 cm³/mol. The minimum Gasteiger partial charge on any atom is -0.346 e. The average molecular weight is 214 g/mol. The van der Waals surface area contributed by atoms with Gasteiger partial charge in [-0.2, -0.15) is 0 Å². The molecule has 0 aromatic heterocycles. The van der Waals surface area contributed by atoms with Crippen molar-refractivity contribution in [1.82, 2.24) is 4.90 Å². The van der Waals surface area contributed by atoms with Gasteiger partial charge in [0.1, 0.15) is 0 Å². The second kappa shape index (κ2) is 5.26. The van der Waals surface area contributed by atoms with Crippen LogP contribution in [-0.4, -0.2) is 36.2 Å². The van der Waals surface area contributed by atoms with Crippen molar-refractivity contribution in [2.75, 3.05) is 13.6 Å². The third kappa shape index (κ3) is 4.93. The van der Waals surface area contributed by atoms with Crippen LogP contribution >= 0.6 is 0 Å². The first kappa shape index (κ1) is 14.1. The quantitative estimate of drug-likeness (QED) is 0.752. The van der Waals surface area contributed by atoms with Gasteiger partial charge in [-0.1, -0.05) is 20.8 Å². The zero-order valence-corrected chi connectivity index (χ0v) is 10.3.